The Labute approximate surface area is 164 Å². The first-order valence-electron chi connectivity index (χ1n) is 11.9. The van der Waals surface area contributed by atoms with Gasteiger partial charge in [-0.15, -0.1) is 0 Å². The molecule has 2 nitrogen and oxygen atoms in total. The van der Waals surface area contributed by atoms with Crippen LogP contribution in [0.1, 0.15) is 123 Å². The smallest absolute Gasteiger partial charge is 0.234 e. The van der Waals surface area contributed by atoms with Crippen molar-refractivity contribution in [3.8, 4) is 0 Å². The Bertz CT molecular complexity index is 422. The van der Waals surface area contributed by atoms with Gasteiger partial charge in [-0.25, -0.2) is 9.13 Å². The van der Waals surface area contributed by atoms with Gasteiger partial charge in [-0.2, -0.15) is 0 Å². The van der Waals surface area contributed by atoms with Crippen molar-refractivity contribution < 1.29 is 4.57 Å². The van der Waals surface area contributed by atoms with Crippen LogP contribution in [0.3, 0.4) is 0 Å². The van der Waals surface area contributed by atoms with Gasteiger partial charge in [0, 0.05) is 6.42 Å². The molecule has 152 valence electrons. The average molecular weight is 364 g/mol. The van der Waals surface area contributed by atoms with Crippen LogP contribution < -0.4 is 4.57 Å². The summed E-state index contributed by atoms with van der Waals surface area (Å²) in [5, 5.41) is 0. The average Bonchev–Trinajstić information content (AvgIpc) is 3.05. The van der Waals surface area contributed by atoms with E-state index in [2.05, 4.69) is 42.3 Å². The molecule has 0 atom stereocenters. The Balaban J connectivity index is 2.08. The maximum Gasteiger partial charge on any atom is 0.256 e. The highest BCUT2D eigenvalue weighted by Gasteiger charge is 2.14. The molecule has 26 heavy (non-hydrogen) atoms. The highest BCUT2D eigenvalue weighted by molar-refractivity contribution is 4.83. The molecule has 0 saturated carbocycles. The van der Waals surface area contributed by atoms with Crippen molar-refractivity contribution in [3.63, 3.8) is 0 Å². The van der Waals surface area contributed by atoms with Crippen LogP contribution in [0.2, 0.25) is 0 Å². The maximum absolute atomic E-state index is 2.51. The van der Waals surface area contributed by atoms with Crippen molar-refractivity contribution in [2.75, 3.05) is 0 Å². The molecule has 0 unspecified atom stereocenters. The van der Waals surface area contributed by atoms with E-state index in [9.17, 15) is 0 Å². The van der Waals surface area contributed by atoms with E-state index in [0.29, 0.717) is 0 Å². The lowest BCUT2D eigenvalue weighted by Crippen LogP contribution is -2.37. The number of nitrogens with zero attached hydrogens (tertiary/aromatic N) is 2. The van der Waals surface area contributed by atoms with Crippen LogP contribution in [0.4, 0.5) is 0 Å². The van der Waals surface area contributed by atoms with E-state index in [-0.39, 0.29) is 0 Å². The molecule has 0 aliphatic rings. The van der Waals surface area contributed by atoms with Gasteiger partial charge < -0.3 is 0 Å². The highest BCUT2D eigenvalue weighted by atomic mass is 15.1. The van der Waals surface area contributed by atoms with Crippen molar-refractivity contribution >= 4 is 0 Å². The molecule has 1 heterocycles. The van der Waals surface area contributed by atoms with Crippen LogP contribution in [0.15, 0.2) is 12.4 Å². The SMILES string of the molecule is CCCCCCCCCCCCC[n+]1ccn(CCCCCC)c1CC. The topological polar surface area (TPSA) is 8.81 Å². The van der Waals surface area contributed by atoms with Gasteiger partial charge in [0.05, 0.1) is 13.1 Å². The molecule has 0 fully saturated rings. The Morgan fingerprint density at radius 1 is 0.654 bits per heavy atom. The third-order valence-corrected chi connectivity index (χ3v) is 5.66. The molecule has 0 aromatic carbocycles. The van der Waals surface area contributed by atoms with E-state index < -0.39 is 0 Å². The van der Waals surface area contributed by atoms with Gasteiger partial charge in [-0.1, -0.05) is 91.4 Å². The Kier molecular flexibility index (Phi) is 14.7. The Morgan fingerprint density at radius 2 is 1.15 bits per heavy atom. The van der Waals surface area contributed by atoms with Crippen LogP contribution in [0.5, 0.6) is 0 Å². The molecule has 1 aromatic heterocycles. The summed E-state index contributed by atoms with van der Waals surface area (Å²) in [5.41, 5.74) is 0. The third-order valence-electron chi connectivity index (χ3n) is 5.66. The fraction of sp³-hybridized carbons (Fsp3) is 0.875. The molecule has 0 N–H and O–H groups in total. The summed E-state index contributed by atoms with van der Waals surface area (Å²) in [7, 11) is 0. The molecular weight excluding hydrogens is 316 g/mol. The van der Waals surface area contributed by atoms with Crippen molar-refractivity contribution in [1.82, 2.24) is 4.57 Å². The van der Waals surface area contributed by atoms with E-state index in [1.807, 2.05) is 0 Å². The second-order valence-corrected chi connectivity index (χ2v) is 8.05. The van der Waals surface area contributed by atoms with E-state index in [1.54, 1.807) is 0 Å². The lowest BCUT2D eigenvalue weighted by molar-refractivity contribution is -0.704. The summed E-state index contributed by atoms with van der Waals surface area (Å²) < 4.78 is 5.00. The van der Waals surface area contributed by atoms with Gasteiger partial charge in [0.1, 0.15) is 12.4 Å². The zero-order valence-electron chi connectivity index (χ0n) is 18.3. The van der Waals surface area contributed by atoms with Gasteiger partial charge >= 0.3 is 0 Å². The van der Waals surface area contributed by atoms with Gasteiger partial charge in [-0.05, 0) is 25.7 Å². The second-order valence-electron chi connectivity index (χ2n) is 8.05. The van der Waals surface area contributed by atoms with Crippen molar-refractivity contribution in [3.05, 3.63) is 18.2 Å². The number of hydrogen-bond acceptors (Lipinski definition) is 0. The maximum atomic E-state index is 2.51. The number of aromatic nitrogens is 2. The Hall–Kier alpha value is -0.790. The van der Waals surface area contributed by atoms with E-state index in [4.69, 9.17) is 0 Å². The predicted molar refractivity (Wildman–Crippen MR) is 115 cm³/mol. The molecule has 0 radical (unpaired) electrons. The minimum Gasteiger partial charge on any atom is -0.234 e. The zero-order valence-corrected chi connectivity index (χ0v) is 18.3. The lowest BCUT2D eigenvalue weighted by Gasteiger charge is -2.04. The first-order chi connectivity index (χ1) is 12.8. The second kappa shape index (κ2) is 16.4. The van der Waals surface area contributed by atoms with Gasteiger partial charge in [0.25, 0.3) is 5.82 Å². The summed E-state index contributed by atoms with van der Waals surface area (Å²) in [6, 6.07) is 0. The van der Waals surface area contributed by atoms with Gasteiger partial charge in [-0.3, -0.25) is 0 Å². The van der Waals surface area contributed by atoms with Crippen LogP contribution in [-0.2, 0) is 19.5 Å². The largest absolute Gasteiger partial charge is 0.256 e. The van der Waals surface area contributed by atoms with Crippen LogP contribution in [0, 0.1) is 0 Å². The zero-order chi connectivity index (χ0) is 18.9. The first-order valence-corrected chi connectivity index (χ1v) is 11.9. The first kappa shape index (κ1) is 23.2. The number of hydrogen-bond donors (Lipinski definition) is 0. The fourth-order valence-electron chi connectivity index (χ4n) is 3.97. The van der Waals surface area contributed by atoms with Crippen molar-refractivity contribution in [2.24, 2.45) is 0 Å². The van der Waals surface area contributed by atoms with Crippen molar-refractivity contribution in [2.45, 2.75) is 137 Å². The summed E-state index contributed by atoms with van der Waals surface area (Å²) in [5.74, 6) is 1.52. The highest BCUT2D eigenvalue weighted by Crippen LogP contribution is 2.11. The lowest BCUT2D eigenvalue weighted by atomic mass is 10.1. The number of imidazole rings is 1. The normalized spacial score (nSPS) is 11.3. The molecule has 0 amide bonds. The number of unbranched alkanes of at least 4 members (excludes halogenated alkanes) is 13. The molecular formula is C24H47N2+. The third kappa shape index (κ3) is 10.4. The summed E-state index contributed by atoms with van der Waals surface area (Å²) >= 11 is 0. The molecule has 1 rings (SSSR count). The molecule has 0 saturated heterocycles. The number of rotatable bonds is 18. The molecule has 0 aliphatic heterocycles. The summed E-state index contributed by atoms with van der Waals surface area (Å²) in [6.45, 7) is 9.30. The standard InChI is InChI=1S/C24H47N2/c1-4-7-9-11-12-13-14-15-16-17-19-21-26-23-22-25(24(26)6-3)20-18-10-8-5-2/h22-23H,4-21H2,1-3H3/q+1. The van der Waals surface area contributed by atoms with E-state index in [1.165, 1.54) is 115 Å². The minimum absolute atomic E-state index is 1.15. The fourth-order valence-corrected chi connectivity index (χ4v) is 3.97. The summed E-state index contributed by atoms with van der Waals surface area (Å²) in [6.07, 6.45) is 26.8. The van der Waals surface area contributed by atoms with E-state index >= 15 is 0 Å². The predicted octanol–water partition coefficient (Wildman–Crippen LogP) is 7.23. The van der Waals surface area contributed by atoms with Crippen LogP contribution in [-0.4, -0.2) is 4.57 Å². The summed E-state index contributed by atoms with van der Waals surface area (Å²) in [4.78, 5) is 0. The number of aryl methyl sites for hydroxylation is 2. The molecule has 0 bridgehead atoms. The molecule has 0 aliphatic carbocycles. The monoisotopic (exact) mass is 363 g/mol. The van der Waals surface area contributed by atoms with Gasteiger partial charge in [0.2, 0.25) is 0 Å². The van der Waals surface area contributed by atoms with E-state index in [0.717, 1.165) is 6.42 Å². The Morgan fingerprint density at radius 3 is 1.69 bits per heavy atom. The van der Waals surface area contributed by atoms with Crippen molar-refractivity contribution in [1.29, 1.82) is 0 Å². The quantitative estimate of drug-likeness (QED) is 0.192. The molecule has 1 aromatic rings. The minimum atomic E-state index is 1.15. The van der Waals surface area contributed by atoms with Gasteiger partial charge in [0.15, 0.2) is 0 Å². The molecule has 0 spiro atoms. The van der Waals surface area contributed by atoms with Crippen LogP contribution >= 0.6 is 0 Å². The molecule has 2 heteroatoms. The van der Waals surface area contributed by atoms with Crippen LogP contribution in [0.25, 0.3) is 0 Å².